The van der Waals surface area contributed by atoms with Crippen molar-refractivity contribution in [1.82, 2.24) is 4.98 Å². The first-order valence-corrected chi connectivity index (χ1v) is 7.56. The Morgan fingerprint density at radius 3 is 2.00 bits per heavy atom. The molecule has 0 atom stereocenters. The third-order valence-electron chi connectivity index (χ3n) is 4.08. The van der Waals surface area contributed by atoms with Gasteiger partial charge in [-0.3, -0.25) is 0 Å². The van der Waals surface area contributed by atoms with Crippen LogP contribution in [0.1, 0.15) is 5.56 Å². The van der Waals surface area contributed by atoms with Crippen molar-refractivity contribution in [2.75, 3.05) is 0 Å². The predicted molar refractivity (Wildman–Crippen MR) is 93.9 cm³/mol. The van der Waals surface area contributed by atoms with Crippen molar-refractivity contribution >= 4 is 10.9 Å². The molecule has 1 heteroatoms. The summed E-state index contributed by atoms with van der Waals surface area (Å²) >= 11 is 0. The number of aryl methyl sites for hydroxylation is 1. The molecule has 0 saturated heterocycles. The molecule has 0 aliphatic heterocycles. The molecule has 0 aliphatic rings. The van der Waals surface area contributed by atoms with E-state index in [4.69, 9.17) is 0 Å². The summed E-state index contributed by atoms with van der Waals surface area (Å²) in [4.78, 5) is 3.62. The topological polar surface area (TPSA) is 15.8 Å². The van der Waals surface area contributed by atoms with Crippen molar-refractivity contribution in [1.29, 1.82) is 0 Å². The van der Waals surface area contributed by atoms with Crippen LogP contribution < -0.4 is 0 Å². The van der Waals surface area contributed by atoms with E-state index in [9.17, 15) is 0 Å². The van der Waals surface area contributed by atoms with Crippen LogP contribution in [0.3, 0.4) is 0 Å². The highest BCUT2D eigenvalue weighted by atomic mass is 14.7. The van der Waals surface area contributed by atoms with Gasteiger partial charge < -0.3 is 4.98 Å². The lowest BCUT2D eigenvalue weighted by Gasteiger charge is -2.05. The summed E-state index contributed by atoms with van der Waals surface area (Å²) in [6.45, 7) is 2.13. The van der Waals surface area contributed by atoms with Gasteiger partial charge in [0.15, 0.2) is 0 Å². The fourth-order valence-corrected chi connectivity index (χ4v) is 3.04. The second-order valence-corrected chi connectivity index (χ2v) is 5.66. The molecule has 0 bridgehead atoms. The first-order valence-electron chi connectivity index (χ1n) is 7.56. The van der Waals surface area contributed by atoms with Gasteiger partial charge in [-0.15, -0.1) is 0 Å². The van der Waals surface area contributed by atoms with Gasteiger partial charge in [0.2, 0.25) is 0 Å². The molecule has 1 N–H and O–H groups in total. The molecule has 106 valence electrons. The van der Waals surface area contributed by atoms with Crippen molar-refractivity contribution in [3.8, 4) is 22.4 Å². The third-order valence-corrected chi connectivity index (χ3v) is 4.08. The van der Waals surface area contributed by atoms with Gasteiger partial charge >= 0.3 is 0 Å². The number of hydrogen-bond donors (Lipinski definition) is 1. The zero-order chi connectivity index (χ0) is 14.9. The molecular weight excluding hydrogens is 266 g/mol. The first kappa shape index (κ1) is 12.9. The molecule has 3 aromatic carbocycles. The van der Waals surface area contributed by atoms with Gasteiger partial charge in [0.05, 0.1) is 5.69 Å². The van der Waals surface area contributed by atoms with E-state index in [1.165, 1.54) is 38.9 Å². The summed E-state index contributed by atoms with van der Waals surface area (Å²) in [5, 5.41) is 1.27. The molecule has 0 saturated carbocycles. The van der Waals surface area contributed by atoms with Crippen LogP contribution in [0.4, 0.5) is 0 Å². The number of hydrogen-bond acceptors (Lipinski definition) is 0. The number of aromatic nitrogens is 1. The highest BCUT2D eigenvalue weighted by Gasteiger charge is 2.14. The summed E-state index contributed by atoms with van der Waals surface area (Å²) in [6.07, 6.45) is 0. The predicted octanol–water partition coefficient (Wildman–Crippen LogP) is 5.81. The summed E-state index contributed by atoms with van der Waals surface area (Å²) in [5.74, 6) is 0. The zero-order valence-electron chi connectivity index (χ0n) is 12.5. The maximum absolute atomic E-state index is 3.62. The number of benzene rings is 3. The quantitative estimate of drug-likeness (QED) is 0.478. The minimum absolute atomic E-state index is 1.19. The normalized spacial score (nSPS) is 11.0. The second-order valence-electron chi connectivity index (χ2n) is 5.66. The molecule has 0 unspecified atom stereocenters. The second kappa shape index (κ2) is 5.19. The molecule has 1 aromatic heterocycles. The Labute approximate surface area is 130 Å². The first-order chi connectivity index (χ1) is 10.8. The van der Waals surface area contributed by atoms with E-state index in [1.807, 2.05) is 0 Å². The molecule has 1 nitrogen and oxygen atoms in total. The van der Waals surface area contributed by atoms with Gasteiger partial charge in [-0.25, -0.2) is 0 Å². The molecule has 22 heavy (non-hydrogen) atoms. The van der Waals surface area contributed by atoms with Gasteiger partial charge in [-0.05, 0) is 29.7 Å². The van der Waals surface area contributed by atoms with Crippen LogP contribution in [0.2, 0.25) is 0 Å². The largest absolute Gasteiger partial charge is 0.354 e. The standard InChI is InChI=1S/C21H17N/c1-15-12-13-18-19(14-15)22-21(17-10-6-3-7-11-17)20(18)16-8-4-2-5-9-16/h2-14,22H,1H3. The number of nitrogens with one attached hydrogen (secondary N) is 1. The van der Waals surface area contributed by atoms with E-state index < -0.39 is 0 Å². The monoisotopic (exact) mass is 283 g/mol. The van der Waals surface area contributed by atoms with E-state index in [-0.39, 0.29) is 0 Å². The van der Waals surface area contributed by atoms with Gasteiger partial charge in [0.25, 0.3) is 0 Å². The summed E-state index contributed by atoms with van der Waals surface area (Å²) in [5.41, 5.74) is 7.39. The molecule has 0 spiro atoms. The summed E-state index contributed by atoms with van der Waals surface area (Å²) in [7, 11) is 0. The van der Waals surface area contributed by atoms with Crippen molar-refractivity contribution in [3.05, 3.63) is 84.4 Å². The van der Waals surface area contributed by atoms with Gasteiger partial charge in [0.1, 0.15) is 0 Å². The van der Waals surface area contributed by atoms with Crippen LogP contribution >= 0.6 is 0 Å². The Morgan fingerprint density at radius 2 is 1.32 bits per heavy atom. The van der Waals surface area contributed by atoms with Crippen LogP contribution in [-0.2, 0) is 0 Å². The summed E-state index contributed by atoms with van der Waals surface area (Å²) in [6, 6.07) is 27.7. The van der Waals surface area contributed by atoms with E-state index in [0.717, 1.165) is 0 Å². The SMILES string of the molecule is Cc1ccc2c(-c3ccccc3)c(-c3ccccc3)[nH]c2c1. The Morgan fingerprint density at radius 1 is 0.682 bits per heavy atom. The number of rotatable bonds is 2. The molecule has 0 fully saturated rings. The number of H-pyrrole nitrogens is 1. The average molecular weight is 283 g/mol. The average Bonchev–Trinajstić information content (AvgIpc) is 2.95. The van der Waals surface area contributed by atoms with Gasteiger partial charge in [-0.1, -0.05) is 72.8 Å². The fraction of sp³-hybridized carbons (Fsp3) is 0.0476. The van der Waals surface area contributed by atoms with Crippen LogP contribution in [0.15, 0.2) is 78.9 Å². The molecule has 4 aromatic rings. The Balaban J connectivity index is 2.07. The van der Waals surface area contributed by atoms with E-state index in [0.29, 0.717) is 0 Å². The van der Waals surface area contributed by atoms with Crippen molar-refractivity contribution < 1.29 is 0 Å². The zero-order valence-corrected chi connectivity index (χ0v) is 12.5. The fourth-order valence-electron chi connectivity index (χ4n) is 3.04. The highest BCUT2D eigenvalue weighted by Crippen LogP contribution is 2.38. The molecular formula is C21H17N. The molecule has 0 aliphatic carbocycles. The minimum Gasteiger partial charge on any atom is -0.354 e. The Bertz CT molecular complexity index is 918. The van der Waals surface area contributed by atoms with Crippen molar-refractivity contribution in [2.24, 2.45) is 0 Å². The van der Waals surface area contributed by atoms with Crippen LogP contribution in [0, 0.1) is 6.92 Å². The molecule has 0 amide bonds. The van der Waals surface area contributed by atoms with Gasteiger partial charge in [-0.2, -0.15) is 0 Å². The van der Waals surface area contributed by atoms with E-state index >= 15 is 0 Å². The Kier molecular flexibility index (Phi) is 3.05. The number of fused-ring (bicyclic) bond motifs is 1. The lowest BCUT2D eigenvalue weighted by Crippen LogP contribution is -1.82. The van der Waals surface area contributed by atoms with Crippen molar-refractivity contribution in [3.63, 3.8) is 0 Å². The molecule has 1 heterocycles. The van der Waals surface area contributed by atoms with Crippen LogP contribution in [-0.4, -0.2) is 4.98 Å². The minimum atomic E-state index is 1.19. The third kappa shape index (κ3) is 2.11. The summed E-state index contributed by atoms with van der Waals surface area (Å²) < 4.78 is 0. The number of aromatic amines is 1. The molecule has 4 rings (SSSR count). The van der Waals surface area contributed by atoms with Gasteiger partial charge in [0, 0.05) is 16.5 Å². The lowest BCUT2D eigenvalue weighted by atomic mass is 9.98. The van der Waals surface area contributed by atoms with E-state index in [1.54, 1.807) is 0 Å². The maximum Gasteiger partial charge on any atom is 0.0544 e. The highest BCUT2D eigenvalue weighted by molar-refractivity contribution is 6.03. The smallest absolute Gasteiger partial charge is 0.0544 e. The van der Waals surface area contributed by atoms with Crippen LogP contribution in [0.5, 0.6) is 0 Å². The lowest BCUT2D eigenvalue weighted by molar-refractivity contribution is 1.43. The van der Waals surface area contributed by atoms with E-state index in [2.05, 4.69) is 90.8 Å². The maximum atomic E-state index is 3.62. The van der Waals surface area contributed by atoms with Crippen molar-refractivity contribution in [2.45, 2.75) is 6.92 Å². The van der Waals surface area contributed by atoms with Crippen LogP contribution in [0.25, 0.3) is 33.3 Å². The Hall–Kier alpha value is -2.80. The molecule has 0 radical (unpaired) electrons.